The van der Waals surface area contributed by atoms with Gasteiger partial charge < -0.3 is 9.47 Å². The van der Waals surface area contributed by atoms with E-state index in [2.05, 4.69) is 6.92 Å². The number of hydrogen-bond acceptors (Lipinski definition) is 3. The van der Waals surface area contributed by atoms with E-state index < -0.39 is 11.4 Å². The molecule has 0 N–H and O–H groups in total. The van der Waals surface area contributed by atoms with Gasteiger partial charge in [0, 0.05) is 13.2 Å². The molecule has 2 rings (SSSR count). The van der Waals surface area contributed by atoms with Crippen molar-refractivity contribution in [3.05, 3.63) is 29.6 Å². The number of halogens is 1. The standard InChI is InChI=1S/C16H21FO3/c1-11-5-4-8-16(10-11,20-3)15(18)13-7-6-12(19-2)9-14(13)17/h6-7,9,11H,4-5,8,10H2,1-3H3. The van der Waals surface area contributed by atoms with Crippen LogP contribution >= 0.6 is 0 Å². The first-order valence-corrected chi connectivity index (χ1v) is 6.96. The highest BCUT2D eigenvalue weighted by Crippen LogP contribution is 2.37. The van der Waals surface area contributed by atoms with E-state index in [1.54, 1.807) is 6.07 Å². The quantitative estimate of drug-likeness (QED) is 0.790. The maximum Gasteiger partial charge on any atom is 0.197 e. The van der Waals surface area contributed by atoms with Gasteiger partial charge in [0.25, 0.3) is 0 Å². The Hall–Kier alpha value is -1.42. The van der Waals surface area contributed by atoms with Gasteiger partial charge in [-0.25, -0.2) is 4.39 Å². The smallest absolute Gasteiger partial charge is 0.197 e. The van der Waals surface area contributed by atoms with Gasteiger partial charge in [-0.15, -0.1) is 0 Å². The fourth-order valence-electron chi connectivity index (χ4n) is 3.04. The molecule has 0 amide bonds. The third-order valence-electron chi connectivity index (χ3n) is 4.18. The minimum absolute atomic E-state index is 0.0850. The number of carbonyl (C=O) groups excluding carboxylic acids is 1. The zero-order valence-corrected chi connectivity index (χ0v) is 12.2. The van der Waals surface area contributed by atoms with Crippen LogP contribution in [0.4, 0.5) is 4.39 Å². The third kappa shape index (κ3) is 2.70. The number of hydrogen-bond donors (Lipinski definition) is 0. The fourth-order valence-corrected chi connectivity index (χ4v) is 3.04. The number of benzene rings is 1. The van der Waals surface area contributed by atoms with Gasteiger partial charge in [-0.2, -0.15) is 0 Å². The Morgan fingerprint density at radius 2 is 2.15 bits per heavy atom. The van der Waals surface area contributed by atoms with E-state index in [0.29, 0.717) is 24.5 Å². The van der Waals surface area contributed by atoms with E-state index in [1.807, 2.05) is 0 Å². The molecule has 0 radical (unpaired) electrons. The van der Waals surface area contributed by atoms with E-state index in [4.69, 9.17) is 9.47 Å². The third-order valence-corrected chi connectivity index (χ3v) is 4.18. The summed E-state index contributed by atoms with van der Waals surface area (Å²) in [5.74, 6) is 0.00666. The molecule has 1 aliphatic rings. The van der Waals surface area contributed by atoms with Crippen molar-refractivity contribution in [2.24, 2.45) is 5.92 Å². The topological polar surface area (TPSA) is 35.5 Å². The molecule has 2 unspecified atom stereocenters. The van der Waals surface area contributed by atoms with Crippen molar-refractivity contribution in [1.82, 2.24) is 0 Å². The van der Waals surface area contributed by atoms with Gasteiger partial charge in [0.05, 0.1) is 12.7 Å². The van der Waals surface area contributed by atoms with Crippen LogP contribution in [-0.2, 0) is 4.74 Å². The predicted molar refractivity (Wildman–Crippen MR) is 74.7 cm³/mol. The zero-order valence-electron chi connectivity index (χ0n) is 12.2. The SMILES string of the molecule is COc1ccc(C(=O)C2(OC)CCCC(C)C2)c(F)c1. The summed E-state index contributed by atoms with van der Waals surface area (Å²) in [5, 5.41) is 0. The number of carbonyl (C=O) groups is 1. The van der Waals surface area contributed by atoms with Gasteiger partial charge in [0.1, 0.15) is 17.2 Å². The van der Waals surface area contributed by atoms with Gasteiger partial charge in [0.2, 0.25) is 0 Å². The average molecular weight is 280 g/mol. The number of ketones is 1. The first kappa shape index (κ1) is 15.0. The van der Waals surface area contributed by atoms with Gasteiger partial charge in [-0.05, 0) is 37.3 Å². The van der Waals surface area contributed by atoms with Crippen LogP contribution in [0, 0.1) is 11.7 Å². The van der Waals surface area contributed by atoms with Crippen LogP contribution in [0.1, 0.15) is 43.0 Å². The van der Waals surface area contributed by atoms with E-state index in [-0.39, 0.29) is 11.3 Å². The number of ether oxygens (including phenoxy) is 2. The Bertz CT molecular complexity index is 500. The van der Waals surface area contributed by atoms with Crippen molar-refractivity contribution in [2.75, 3.05) is 14.2 Å². The van der Waals surface area contributed by atoms with Crippen molar-refractivity contribution >= 4 is 5.78 Å². The molecule has 1 aliphatic carbocycles. The summed E-state index contributed by atoms with van der Waals surface area (Å²) in [4.78, 5) is 12.7. The molecular weight excluding hydrogens is 259 g/mol. The van der Waals surface area contributed by atoms with Crippen LogP contribution in [0.5, 0.6) is 5.75 Å². The molecule has 1 aromatic carbocycles. The predicted octanol–water partition coefficient (Wildman–Crippen LogP) is 3.61. The van der Waals surface area contributed by atoms with Crippen molar-refractivity contribution in [2.45, 2.75) is 38.2 Å². The molecule has 0 saturated heterocycles. The molecule has 0 spiro atoms. The molecule has 3 nitrogen and oxygen atoms in total. The molecule has 4 heteroatoms. The van der Waals surface area contributed by atoms with Crippen molar-refractivity contribution in [3.8, 4) is 5.75 Å². The van der Waals surface area contributed by atoms with Crippen LogP contribution < -0.4 is 4.74 Å². The number of Topliss-reactive ketones (excluding diaryl/α,β-unsaturated/α-hetero) is 1. The molecular formula is C16H21FO3. The van der Waals surface area contributed by atoms with Gasteiger partial charge in [0.15, 0.2) is 5.78 Å². The maximum absolute atomic E-state index is 14.1. The molecule has 0 bridgehead atoms. The van der Waals surface area contributed by atoms with E-state index in [9.17, 15) is 9.18 Å². The lowest BCUT2D eigenvalue weighted by molar-refractivity contribution is -0.0305. The van der Waals surface area contributed by atoms with Crippen molar-refractivity contribution < 1.29 is 18.7 Å². The fraction of sp³-hybridized carbons (Fsp3) is 0.562. The summed E-state index contributed by atoms with van der Waals surface area (Å²) < 4.78 is 24.6. The lowest BCUT2D eigenvalue weighted by atomic mass is 9.75. The van der Waals surface area contributed by atoms with Crippen molar-refractivity contribution in [1.29, 1.82) is 0 Å². The van der Waals surface area contributed by atoms with Crippen LogP contribution in [0.25, 0.3) is 0 Å². The minimum atomic E-state index is -0.882. The number of rotatable bonds is 4. The van der Waals surface area contributed by atoms with Crippen LogP contribution in [0.3, 0.4) is 0 Å². The maximum atomic E-state index is 14.1. The second-order valence-electron chi connectivity index (χ2n) is 5.57. The highest BCUT2D eigenvalue weighted by Gasteiger charge is 2.43. The normalized spacial score (nSPS) is 26.3. The van der Waals surface area contributed by atoms with Crippen LogP contribution in [0.15, 0.2) is 18.2 Å². The number of methoxy groups -OCH3 is 2. The van der Waals surface area contributed by atoms with Crippen LogP contribution in [-0.4, -0.2) is 25.6 Å². The molecule has 2 atom stereocenters. The minimum Gasteiger partial charge on any atom is -0.497 e. The second-order valence-corrected chi connectivity index (χ2v) is 5.57. The van der Waals surface area contributed by atoms with Crippen LogP contribution in [0.2, 0.25) is 0 Å². The van der Waals surface area contributed by atoms with E-state index in [0.717, 1.165) is 12.8 Å². The lowest BCUT2D eigenvalue weighted by Gasteiger charge is -2.37. The summed E-state index contributed by atoms with van der Waals surface area (Å²) in [6, 6.07) is 4.32. The Morgan fingerprint density at radius 1 is 1.40 bits per heavy atom. The highest BCUT2D eigenvalue weighted by molar-refractivity contribution is 6.03. The van der Waals surface area contributed by atoms with Gasteiger partial charge >= 0.3 is 0 Å². The summed E-state index contributed by atoms with van der Waals surface area (Å²) >= 11 is 0. The molecule has 1 saturated carbocycles. The molecule has 110 valence electrons. The Kier molecular flexibility index (Phi) is 4.43. The second kappa shape index (κ2) is 5.92. The molecule has 0 heterocycles. The first-order chi connectivity index (χ1) is 9.52. The lowest BCUT2D eigenvalue weighted by Crippen LogP contribution is -2.45. The summed E-state index contributed by atoms with van der Waals surface area (Å²) in [7, 11) is 3.01. The molecule has 20 heavy (non-hydrogen) atoms. The van der Waals surface area contributed by atoms with Crippen molar-refractivity contribution in [3.63, 3.8) is 0 Å². The monoisotopic (exact) mass is 280 g/mol. The van der Waals surface area contributed by atoms with E-state index in [1.165, 1.54) is 26.4 Å². The Balaban J connectivity index is 2.33. The molecule has 0 aliphatic heterocycles. The molecule has 0 aromatic heterocycles. The van der Waals surface area contributed by atoms with Gasteiger partial charge in [-0.1, -0.05) is 13.3 Å². The summed E-state index contributed by atoms with van der Waals surface area (Å²) in [6.45, 7) is 2.10. The first-order valence-electron chi connectivity index (χ1n) is 6.96. The average Bonchev–Trinajstić information content (AvgIpc) is 2.46. The summed E-state index contributed by atoms with van der Waals surface area (Å²) in [5.41, 5.74) is -0.797. The van der Waals surface area contributed by atoms with E-state index >= 15 is 0 Å². The zero-order chi connectivity index (χ0) is 14.8. The molecule has 1 aromatic rings. The molecule has 1 fully saturated rings. The highest BCUT2D eigenvalue weighted by atomic mass is 19.1. The largest absolute Gasteiger partial charge is 0.497 e. The Labute approximate surface area is 119 Å². The Morgan fingerprint density at radius 3 is 2.70 bits per heavy atom. The summed E-state index contributed by atoms with van der Waals surface area (Å²) in [6.07, 6.45) is 3.31. The van der Waals surface area contributed by atoms with Gasteiger partial charge in [-0.3, -0.25) is 4.79 Å².